The van der Waals surface area contributed by atoms with Gasteiger partial charge < -0.3 is 20.8 Å². The Bertz CT molecular complexity index is 607. The van der Waals surface area contributed by atoms with Crippen molar-refractivity contribution >= 4 is 29.0 Å². The van der Waals surface area contributed by atoms with Gasteiger partial charge in [0.15, 0.2) is 6.29 Å². The highest BCUT2D eigenvalue weighted by Crippen LogP contribution is 2.36. The summed E-state index contributed by atoms with van der Waals surface area (Å²) in [6.07, 6.45) is 0.819. The van der Waals surface area contributed by atoms with Crippen LogP contribution >= 0.6 is 11.3 Å². The molecule has 0 saturated heterocycles. The number of anilines is 2. The summed E-state index contributed by atoms with van der Waals surface area (Å²) >= 11 is 1.39. The van der Waals surface area contributed by atoms with Gasteiger partial charge in [0.1, 0.15) is 0 Å². The molecule has 21 heavy (non-hydrogen) atoms. The molecule has 0 aliphatic carbocycles. The van der Waals surface area contributed by atoms with Crippen LogP contribution in [-0.2, 0) is 0 Å². The number of hydrogen-bond acceptors (Lipinski definition) is 6. The normalized spacial score (nSPS) is 10.6. The second kappa shape index (κ2) is 7.21. The molecule has 0 bridgehead atoms. The van der Waals surface area contributed by atoms with Crippen molar-refractivity contribution in [2.24, 2.45) is 0 Å². The minimum atomic E-state index is -0.00611. The second-order valence-electron chi connectivity index (χ2n) is 4.53. The summed E-state index contributed by atoms with van der Waals surface area (Å²) in [6, 6.07) is 9.15. The van der Waals surface area contributed by atoms with Gasteiger partial charge in [0, 0.05) is 34.9 Å². The van der Waals surface area contributed by atoms with Crippen molar-refractivity contribution in [2.45, 2.75) is 0 Å². The quantitative estimate of drug-likeness (QED) is 0.534. The molecule has 0 saturated carbocycles. The second-order valence-corrected chi connectivity index (χ2v) is 5.65. The van der Waals surface area contributed by atoms with Gasteiger partial charge in [-0.2, -0.15) is 0 Å². The van der Waals surface area contributed by atoms with E-state index in [-0.39, 0.29) is 13.2 Å². The molecule has 1 aromatic carbocycles. The van der Waals surface area contributed by atoms with Gasteiger partial charge in [-0.1, -0.05) is 0 Å². The smallest absolute Gasteiger partial charge is 0.160 e. The monoisotopic (exact) mass is 306 g/mol. The number of aldehydes is 1. The fourth-order valence-electron chi connectivity index (χ4n) is 2.18. The standard InChI is InChI=1S/C15H18N2O3S/c16-11-1-3-14(17(5-7-18)6-8-19)13(9-11)15-4-2-12(10-20)21-15/h1-4,9-10,18-19H,5-8,16H2. The third-order valence-corrected chi connectivity index (χ3v) is 4.15. The highest BCUT2D eigenvalue weighted by atomic mass is 32.1. The summed E-state index contributed by atoms with van der Waals surface area (Å²) in [4.78, 5) is 14.3. The molecule has 112 valence electrons. The van der Waals surface area contributed by atoms with Crippen molar-refractivity contribution in [3.8, 4) is 10.4 Å². The van der Waals surface area contributed by atoms with Crippen LogP contribution in [0.2, 0.25) is 0 Å². The van der Waals surface area contributed by atoms with E-state index < -0.39 is 0 Å². The Labute approximate surface area is 127 Å². The van der Waals surface area contributed by atoms with Gasteiger partial charge in [-0.3, -0.25) is 4.79 Å². The van der Waals surface area contributed by atoms with Crippen molar-refractivity contribution in [2.75, 3.05) is 36.9 Å². The van der Waals surface area contributed by atoms with Crippen LogP contribution in [0.1, 0.15) is 9.67 Å². The van der Waals surface area contributed by atoms with E-state index in [2.05, 4.69) is 0 Å². The number of carbonyl (C=O) groups is 1. The van der Waals surface area contributed by atoms with Gasteiger partial charge >= 0.3 is 0 Å². The first kappa shape index (κ1) is 15.5. The van der Waals surface area contributed by atoms with E-state index in [1.54, 1.807) is 12.1 Å². The van der Waals surface area contributed by atoms with Crippen LogP contribution in [0.4, 0.5) is 11.4 Å². The minimum Gasteiger partial charge on any atom is -0.399 e. The number of nitrogens with zero attached hydrogens (tertiary/aromatic N) is 1. The zero-order valence-corrected chi connectivity index (χ0v) is 12.3. The molecule has 0 spiro atoms. The number of aliphatic hydroxyl groups excluding tert-OH is 2. The van der Waals surface area contributed by atoms with Gasteiger partial charge in [-0.15, -0.1) is 11.3 Å². The van der Waals surface area contributed by atoms with E-state index in [9.17, 15) is 15.0 Å². The fourth-order valence-corrected chi connectivity index (χ4v) is 3.03. The average Bonchev–Trinajstić information content (AvgIpc) is 2.96. The minimum absolute atomic E-state index is 0.00611. The highest BCUT2D eigenvalue weighted by molar-refractivity contribution is 7.17. The van der Waals surface area contributed by atoms with Crippen LogP contribution in [0.3, 0.4) is 0 Å². The van der Waals surface area contributed by atoms with Crippen LogP contribution in [0.25, 0.3) is 10.4 Å². The first-order valence-corrected chi connectivity index (χ1v) is 7.43. The zero-order chi connectivity index (χ0) is 15.2. The van der Waals surface area contributed by atoms with Crippen LogP contribution in [-0.4, -0.2) is 42.8 Å². The Kier molecular flexibility index (Phi) is 5.32. The van der Waals surface area contributed by atoms with Crippen LogP contribution < -0.4 is 10.6 Å². The lowest BCUT2D eigenvalue weighted by Gasteiger charge is -2.25. The first-order chi connectivity index (χ1) is 10.2. The number of nitrogen functional groups attached to an aromatic ring is 1. The van der Waals surface area contributed by atoms with E-state index in [1.165, 1.54) is 11.3 Å². The van der Waals surface area contributed by atoms with E-state index in [4.69, 9.17) is 5.73 Å². The summed E-state index contributed by atoms with van der Waals surface area (Å²) in [5, 5.41) is 18.4. The lowest BCUT2D eigenvalue weighted by molar-refractivity contribution is 0.112. The molecule has 1 heterocycles. The number of carbonyl (C=O) groups excluding carboxylic acids is 1. The number of nitrogens with two attached hydrogens (primary N) is 1. The lowest BCUT2D eigenvalue weighted by Crippen LogP contribution is -2.30. The van der Waals surface area contributed by atoms with Crippen molar-refractivity contribution in [3.05, 3.63) is 35.2 Å². The molecule has 0 aliphatic rings. The molecule has 0 radical (unpaired) electrons. The number of benzene rings is 1. The molecular formula is C15H18N2O3S. The first-order valence-electron chi connectivity index (χ1n) is 6.61. The number of rotatable bonds is 7. The average molecular weight is 306 g/mol. The summed E-state index contributed by atoms with van der Waals surface area (Å²) < 4.78 is 0. The predicted molar refractivity (Wildman–Crippen MR) is 85.9 cm³/mol. The zero-order valence-electron chi connectivity index (χ0n) is 11.5. The largest absolute Gasteiger partial charge is 0.399 e. The Morgan fingerprint density at radius 2 is 1.86 bits per heavy atom. The van der Waals surface area contributed by atoms with Gasteiger partial charge in [0.05, 0.1) is 18.1 Å². The molecule has 0 unspecified atom stereocenters. The molecule has 5 nitrogen and oxygen atoms in total. The molecule has 1 aromatic heterocycles. The van der Waals surface area contributed by atoms with Gasteiger partial charge in [0.2, 0.25) is 0 Å². The maximum atomic E-state index is 10.9. The summed E-state index contributed by atoms with van der Waals surface area (Å²) in [7, 11) is 0. The summed E-state index contributed by atoms with van der Waals surface area (Å²) in [5.41, 5.74) is 8.28. The Balaban J connectivity index is 2.47. The molecule has 4 N–H and O–H groups in total. The number of aliphatic hydroxyl groups is 2. The molecule has 0 fully saturated rings. The lowest BCUT2D eigenvalue weighted by atomic mass is 10.1. The third kappa shape index (κ3) is 3.60. The van der Waals surface area contributed by atoms with Gasteiger partial charge in [0.25, 0.3) is 0 Å². The van der Waals surface area contributed by atoms with Gasteiger partial charge in [-0.05, 0) is 30.3 Å². The van der Waals surface area contributed by atoms with Crippen LogP contribution in [0.15, 0.2) is 30.3 Å². The molecule has 2 rings (SSSR count). The predicted octanol–water partition coefficient (Wildman–Crippen LogP) is 1.60. The fraction of sp³-hybridized carbons (Fsp3) is 0.267. The van der Waals surface area contributed by atoms with Crippen LogP contribution in [0, 0.1) is 0 Å². The highest BCUT2D eigenvalue weighted by Gasteiger charge is 2.14. The SMILES string of the molecule is Nc1ccc(N(CCO)CCO)c(-c2ccc(C=O)s2)c1. The maximum Gasteiger partial charge on any atom is 0.160 e. The van der Waals surface area contributed by atoms with Crippen molar-refractivity contribution < 1.29 is 15.0 Å². The van der Waals surface area contributed by atoms with Gasteiger partial charge in [-0.25, -0.2) is 0 Å². The Hall–Kier alpha value is -1.89. The summed E-state index contributed by atoms with van der Waals surface area (Å²) in [6.45, 7) is 0.828. The Morgan fingerprint density at radius 3 is 2.43 bits per heavy atom. The van der Waals surface area contributed by atoms with Crippen molar-refractivity contribution in [1.82, 2.24) is 0 Å². The Morgan fingerprint density at radius 1 is 1.14 bits per heavy atom. The van der Waals surface area contributed by atoms with Crippen molar-refractivity contribution in [1.29, 1.82) is 0 Å². The summed E-state index contributed by atoms with van der Waals surface area (Å²) in [5.74, 6) is 0. The molecule has 6 heteroatoms. The van der Waals surface area contributed by atoms with E-state index in [0.717, 1.165) is 22.4 Å². The van der Waals surface area contributed by atoms with E-state index >= 15 is 0 Å². The molecule has 0 aliphatic heterocycles. The van der Waals surface area contributed by atoms with Crippen molar-refractivity contribution in [3.63, 3.8) is 0 Å². The van der Waals surface area contributed by atoms with Crippen LogP contribution in [0.5, 0.6) is 0 Å². The topological polar surface area (TPSA) is 86.8 Å². The number of hydrogen-bond donors (Lipinski definition) is 3. The molecule has 2 aromatic rings. The third-order valence-electron chi connectivity index (χ3n) is 3.11. The van der Waals surface area contributed by atoms with E-state index in [1.807, 2.05) is 23.1 Å². The molecule has 0 atom stereocenters. The van der Waals surface area contributed by atoms with E-state index in [0.29, 0.717) is 23.7 Å². The molecular weight excluding hydrogens is 288 g/mol. The molecule has 0 amide bonds. The number of thiophene rings is 1. The maximum absolute atomic E-state index is 10.9.